The van der Waals surface area contributed by atoms with Crippen LogP contribution in [0.3, 0.4) is 0 Å². The topological polar surface area (TPSA) is 51.2 Å². The third-order valence-electron chi connectivity index (χ3n) is 2.96. The van der Waals surface area contributed by atoms with Gasteiger partial charge in [-0.1, -0.05) is 31.2 Å². The molecular weight excluding hydrogens is 212 g/mol. The van der Waals surface area contributed by atoms with Crippen LogP contribution in [0.15, 0.2) is 47.1 Å². The first-order chi connectivity index (χ1) is 8.33. The lowest BCUT2D eigenvalue weighted by atomic mass is 10.0. The molecule has 0 aliphatic rings. The number of nitrogens with one attached hydrogen (secondary N) is 1. The Balaban J connectivity index is 2.07. The SMILES string of the molecule is CCc1ccc(CC(NN)c2ccco2)cc1. The molecular formula is C14H18N2O. The highest BCUT2D eigenvalue weighted by atomic mass is 16.3. The van der Waals surface area contributed by atoms with Crippen molar-refractivity contribution in [3.8, 4) is 0 Å². The summed E-state index contributed by atoms with van der Waals surface area (Å²) in [5, 5.41) is 0. The molecule has 17 heavy (non-hydrogen) atoms. The van der Waals surface area contributed by atoms with Gasteiger partial charge in [0.2, 0.25) is 0 Å². The van der Waals surface area contributed by atoms with E-state index in [1.807, 2.05) is 12.1 Å². The predicted molar refractivity (Wildman–Crippen MR) is 68.3 cm³/mol. The zero-order valence-electron chi connectivity index (χ0n) is 10.0. The van der Waals surface area contributed by atoms with E-state index in [4.69, 9.17) is 10.3 Å². The van der Waals surface area contributed by atoms with Gasteiger partial charge in [0.1, 0.15) is 5.76 Å². The zero-order valence-corrected chi connectivity index (χ0v) is 10.0. The molecule has 0 aliphatic heterocycles. The molecule has 90 valence electrons. The molecule has 2 rings (SSSR count). The highest BCUT2D eigenvalue weighted by molar-refractivity contribution is 5.24. The van der Waals surface area contributed by atoms with Gasteiger partial charge in [-0.15, -0.1) is 0 Å². The average molecular weight is 230 g/mol. The molecule has 1 unspecified atom stereocenters. The summed E-state index contributed by atoms with van der Waals surface area (Å²) in [6.45, 7) is 2.15. The molecule has 0 bridgehead atoms. The molecule has 1 aromatic carbocycles. The number of aryl methyl sites for hydroxylation is 1. The van der Waals surface area contributed by atoms with E-state index in [0.717, 1.165) is 18.6 Å². The van der Waals surface area contributed by atoms with Crippen molar-refractivity contribution in [2.24, 2.45) is 5.84 Å². The Hall–Kier alpha value is -1.58. The van der Waals surface area contributed by atoms with Crippen molar-refractivity contribution in [2.45, 2.75) is 25.8 Å². The Kier molecular flexibility index (Phi) is 3.96. The molecule has 0 fully saturated rings. The molecule has 0 radical (unpaired) electrons. The zero-order chi connectivity index (χ0) is 12.1. The number of furan rings is 1. The summed E-state index contributed by atoms with van der Waals surface area (Å²) in [4.78, 5) is 0. The van der Waals surface area contributed by atoms with Crippen LogP contribution in [-0.4, -0.2) is 0 Å². The minimum Gasteiger partial charge on any atom is -0.468 e. The van der Waals surface area contributed by atoms with Gasteiger partial charge in [-0.3, -0.25) is 5.84 Å². The largest absolute Gasteiger partial charge is 0.468 e. The minimum absolute atomic E-state index is 0.0254. The number of hydrogen-bond donors (Lipinski definition) is 2. The number of rotatable bonds is 5. The molecule has 3 heteroatoms. The Labute approximate surface area is 102 Å². The summed E-state index contributed by atoms with van der Waals surface area (Å²) in [6, 6.07) is 12.4. The fraction of sp³-hybridized carbons (Fsp3) is 0.286. The smallest absolute Gasteiger partial charge is 0.122 e. The van der Waals surface area contributed by atoms with E-state index in [-0.39, 0.29) is 6.04 Å². The van der Waals surface area contributed by atoms with Gasteiger partial charge < -0.3 is 4.42 Å². The van der Waals surface area contributed by atoms with Crippen molar-refractivity contribution in [1.82, 2.24) is 5.43 Å². The lowest BCUT2D eigenvalue weighted by Crippen LogP contribution is -2.29. The maximum atomic E-state index is 5.56. The van der Waals surface area contributed by atoms with Crippen LogP contribution in [0, 0.1) is 0 Å². The van der Waals surface area contributed by atoms with Crippen LogP contribution in [0.1, 0.15) is 29.9 Å². The first kappa shape index (κ1) is 11.9. The first-order valence-electron chi connectivity index (χ1n) is 5.91. The van der Waals surface area contributed by atoms with Gasteiger partial charge in [-0.2, -0.15) is 0 Å². The first-order valence-corrected chi connectivity index (χ1v) is 5.91. The van der Waals surface area contributed by atoms with Crippen LogP contribution in [0.2, 0.25) is 0 Å². The molecule has 2 aromatic rings. The molecule has 0 saturated carbocycles. The fourth-order valence-electron chi connectivity index (χ4n) is 1.88. The Bertz CT molecular complexity index is 434. The summed E-state index contributed by atoms with van der Waals surface area (Å²) < 4.78 is 5.36. The lowest BCUT2D eigenvalue weighted by molar-refractivity contribution is 0.416. The normalized spacial score (nSPS) is 12.6. The van der Waals surface area contributed by atoms with E-state index < -0.39 is 0 Å². The van der Waals surface area contributed by atoms with Crippen LogP contribution in [0.25, 0.3) is 0 Å². The van der Waals surface area contributed by atoms with E-state index in [2.05, 4.69) is 36.6 Å². The second-order valence-electron chi connectivity index (χ2n) is 4.11. The minimum atomic E-state index is 0.0254. The molecule has 3 N–H and O–H groups in total. The second-order valence-corrected chi connectivity index (χ2v) is 4.11. The van der Waals surface area contributed by atoms with E-state index >= 15 is 0 Å². The van der Waals surface area contributed by atoms with Crippen LogP contribution in [0.5, 0.6) is 0 Å². The summed E-state index contributed by atoms with van der Waals surface area (Å²) in [5.74, 6) is 6.43. The quantitative estimate of drug-likeness (QED) is 0.613. The van der Waals surface area contributed by atoms with E-state index in [0.29, 0.717) is 0 Å². The Morgan fingerprint density at radius 1 is 1.18 bits per heavy atom. The number of hydrazine groups is 1. The van der Waals surface area contributed by atoms with Gasteiger partial charge in [0, 0.05) is 0 Å². The van der Waals surface area contributed by atoms with Crippen LogP contribution >= 0.6 is 0 Å². The van der Waals surface area contributed by atoms with E-state index in [9.17, 15) is 0 Å². The second kappa shape index (κ2) is 5.66. The van der Waals surface area contributed by atoms with Crippen molar-refractivity contribution in [3.05, 3.63) is 59.5 Å². The van der Waals surface area contributed by atoms with Gasteiger partial charge in [-0.25, -0.2) is 5.43 Å². The molecule has 1 atom stereocenters. The standard InChI is InChI=1S/C14H18N2O/c1-2-11-5-7-12(8-6-11)10-13(16-15)14-4-3-9-17-14/h3-9,13,16H,2,10,15H2,1H3. The number of nitrogens with two attached hydrogens (primary N) is 1. The molecule has 1 aromatic heterocycles. The number of hydrogen-bond acceptors (Lipinski definition) is 3. The third-order valence-corrected chi connectivity index (χ3v) is 2.96. The van der Waals surface area contributed by atoms with Gasteiger partial charge in [-0.05, 0) is 36.1 Å². The monoisotopic (exact) mass is 230 g/mol. The van der Waals surface area contributed by atoms with E-state index in [1.165, 1.54) is 11.1 Å². The van der Waals surface area contributed by atoms with Crippen molar-refractivity contribution in [2.75, 3.05) is 0 Å². The summed E-state index contributed by atoms with van der Waals surface area (Å²) in [5.41, 5.74) is 5.39. The molecule has 3 nitrogen and oxygen atoms in total. The van der Waals surface area contributed by atoms with Crippen LogP contribution in [0.4, 0.5) is 0 Å². The van der Waals surface area contributed by atoms with E-state index in [1.54, 1.807) is 6.26 Å². The maximum Gasteiger partial charge on any atom is 0.122 e. The molecule has 0 saturated heterocycles. The Morgan fingerprint density at radius 2 is 1.88 bits per heavy atom. The maximum absolute atomic E-state index is 5.56. The fourth-order valence-corrected chi connectivity index (χ4v) is 1.88. The van der Waals surface area contributed by atoms with Crippen LogP contribution in [-0.2, 0) is 12.8 Å². The predicted octanol–water partition coefficient (Wildman–Crippen LogP) is 2.59. The highest BCUT2D eigenvalue weighted by Gasteiger charge is 2.12. The highest BCUT2D eigenvalue weighted by Crippen LogP contribution is 2.18. The van der Waals surface area contributed by atoms with Gasteiger partial charge >= 0.3 is 0 Å². The molecule has 0 amide bonds. The van der Waals surface area contributed by atoms with Crippen molar-refractivity contribution >= 4 is 0 Å². The van der Waals surface area contributed by atoms with Gasteiger partial charge in [0.25, 0.3) is 0 Å². The van der Waals surface area contributed by atoms with Gasteiger partial charge in [0.15, 0.2) is 0 Å². The average Bonchev–Trinajstić information content (AvgIpc) is 2.90. The molecule has 1 heterocycles. The Morgan fingerprint density at radius 3 is 2.41 bits per heavy atom. The van der Waals surface area contributed by atoms with Crippen LogP contribution < -0.4 is 11.3 Å². The molecule has 0 spiro atoms. The summed E-state index contributed by atoms with van der Waals surface area (Å²) in [6.07, 6.45) is 3.56. The van der Waals surface area contributed by atoms with Crippen molar-refractivity contribution < 1.29 is 4.42 Å². The van der Waals surface area contributed by atoms with Gasteiger partial charge in [0.05, 0.1) is 12.3 Å². The third kappa shape index (κ3) is 2.96. The molecule has 0 aliphatic carbocycles. The number of benzene rings is 1. The summed E-state index contributed by atoms with van der Waals surface area (Å²) in [7, 11) is 0. The lowest BCUT2D eigenvalue weighted by Gasteiger charge is -2.13. The van der Waals surface area contributed by atoms with Crippen molar-refractivity contribution in [3.63, 3.8) is 0 Å². The van der Waals surface area contributed by atoms with Crippen molar-refractivity contribution in [1.29, 1.82) is 0 Å². The summed E-state index contributed by atoms with van der Waals surface area (Å²) >= 11 is 0.